The molecular weight excluding hydrogens is 395 g/mol. The molecule has 0 fully saturated rings. The van der Waals surface area contributed by atoms with Gasteiger partial charge in [0.05, 0.1) is 12.0 Å². The van der Waals surface area contributed by atoms with Crippen molar-refractivity contribution >= 4 is 25.7 Å². The topological polar surface area (TPSA) is 92.8 Å². The Labute approximate surface area is 158 Å². The smallest absolute Gasteiger partial charge is 0.265 e. The predicted molar refractivity (Wildman–Crippen MR) is 100 cm³/mol. The molecule has 2 aromatic carbocycles. The quantitative estimate of drug-likeness (QED) is 0.714. The molecule has 2 rings (SSSR count). The van der Waals surface area contributed by atoms with Crippen LogP contribution in [0.3, 0.4) is 0 Å². The van der Waals surface area contributed by atoms with Gasteiger partial charge in [0.25, 0.3) is 10.0 Å². The molecule has 0 heterocycles. The Morgan fingerprint density at radius 3 is 2.11 bits per heavy atom. The molecule has 7 nitrogen and oxygen atoms in total. The van der Waals surface area contributed by atoms with E-state index >= 15 is 0 Å². The van der Waals surface area contributed by atoms with Gasteiger partial charge in [0.1, 0.15) is 16.5 Å². The Balaban J connectivity index is 2.33. The maximum Gasteiger partial charge on any atom is 0.265 e. The number of benzene rings is 2. The molecule has 0 aliphatic heterocycles. The molecule has 148 valence electrons. The molecule has 0 spiro atoms. The van der Waals surface area contributed by atoms with Gasteiger partial charge in [0.15, 0.2) is 0 Å². The van der Waals surface area contributed by atoms with Crippen LogP contribution in [0, 0.1) is 5.82 Å². The predicted octanol–water partition coefficient (Wildman–Crippen LogP) is 2.67. The second kappa shape index (κ2) is 8.24. The second-order valence-electron chi connectivity index (χ2n) is 5.51. The van der Waals surface area contributed by atoms with E-state index in [9.17, 15) is 21.2 Å². The molecule has 0 aliphatic carbocycles. The van der Waals surface area contributed by atoms with Gasteiger partial charge in [-0.25, -0.2) is 21.2 Å². The van der Waals surface area contributed by atoms with Gasteiger partial charge in [-0.3, -0.25) is 4.72 Å². The van der Waals surface area contributed by atoms with E-state index in [4.69, 9.17) is 4.74 Å². The lowest BCUT2D eigenvalue weighted by Gasteiger charge is -2.18. The summed E-state index contributed by atoms with van der Waals surface area (Å²) in [6.07, 6.45) is 0. The Bertz CT molecular complexity index is 1000. The third-order valence-corrected chi connectivity index (χ3v) is 7.33. The van der Waals surface area contributed by atoms with Crippen LogP contribution in [0.4, 0.5) is 10.1 Å². The first-order valence-electron chi connectivity index (χ1n) is 8.12. The van der Waals surface area contributed by atoms with Crippen molar-refractivity contribution in [2.24, 2.45) is 0 Å². The molecule has 10 heteroatoms. The minimum Gasteiger partial charge on any atom is -0.495 e. The van der Waals surface area contributed by atoms with Gasteiger partial charge >= 0.3 is 0 Å². The number of hydrogen-bond acceptors (Lipinski definition) is 5. The summed E-state index contributed by atoms with van der Waals surface area (Å²) < 4.78 is 72.0. The highest BCUT2D eigenvalue weighted by Gasteiger charge is 2.23. The van der Waals surface area contributed by atoms with Gasteiger partial charge in [-0.05, 0) is 42.5 Å². The summed E-state index contributed by atoms with van der Waals surface area (Å²) in [4.78, 5) is -0.303. The lowest BCUT2D eigenvalue weighted by Crippen LogP contribution is -2.30. The number of anilines is 1. The van der Waals surface area contributed by atoms with Gasteiger partial charge in [0.2, 0.25) is 10.0 Å². The monoisotopic (exact) mass is 416 g/mol. The third kappa shape index (κ3) is 4.57. The summed E-state index contributed by atoms with van der Waals surface area (Å²) >= 11 is 0. The van der Waals surface area contributed by atoms with Crippen LogP contribution >= 0.6 is 0 Å². The molecule has 0 saturated carbocycles. The van der Waals surface area contributed by atoms with Crippen molar-refractivity contribution < 1.29 is 26.0 Å². The summed E-state index contributed by atoms with van der Waals surface area (Å²) in [5.74, 6) is -0.735. The number of ether oxygens (including phenoxy) is 1. The van der Waals surface area contributed by atoms with Crippen LogP contribution in [-0.4, -0.2) is 41.3 Å². The van der Waals surface area contributed by atoms with Crippen LogP contribution in [0.2, 0.25) is 0 Å². The van der Waals surface area contributed by atoms with Gasteiger partial charge in [-0.15, -0.1) is 0 Å². The number of methoxy groups -OCH3 is 1. The number of nitrogens with zero attached hydrogens (tertiary/aromatic N) is 1. The normalized spacial score (nSPS) is 12.2. The molecular formula is C17H21FN2O5S2. The van der Waals surface area contributed by atoms with Gasteiger partial charge in [-0.1, -0.05) is 13.8 Å². The highest BCUT2D eigenvalue weighted by molar-refractivity contribution is 7.92. The van der Waals surface area contributed by atoms with Gasteiger partial charge in [0, 0.05) is 18.8 Å². The maximum absolute atomic E-state index is 13.5. The number of sulfonamides is 2. The zero-order valence-electron chi connectivity index (χ0n) is 15.1. The van der Waals surface area contributed by atoms with E-state index in [1.54, 1.807) is 13.8 Å². The largest absolute Gasteiger partial charge is 0.495 e. The molecule has 0 unspecified atom stereocenters. The Kier molecular flexibility index (Phi) is 6.45. The van der Waals surface area contributed by atoms with E-state index in [1.165, 1.54) is 41.7 Å². The lowest BCUT2D eigenvalue weighted by atomic mass is 10.3. The highest BCUT2D eigenvalue weighted by atomic mass is 32.2. The average molecular weight is 416 g/mol. The summed E-state index contributed by atoms with van der Waals surface area (Å²) in [5, 5.41) is 0. The van der Waals surface area contributed by atoms with E-state index in [2.05, 4.69) is 4.72 Å². The van der Waals surface area contributed by atoms with Crippen molar-refractivity contribution in [2.45, 2.75) is 23.6 Å². The van der Waals surface area contributed by atoms with Crippen molar-refractivity contribution in [1.29, 1.82) is 0 Å². The van der Waals surface area contributed by atoms with Crippen molar-refractivity contribution in [3.05, 3.63) is 48.3 Å². The Morgan fingerprint density at radius 2 is 1.59 bits per heavy atom. The Morgan fingerprint density at radius 1 is 1.00 bits per heavy atom. The van der Waals surface area contributed by atoms with E-state index in [0.29, 0.717) is 13.1 Å². The Hall–Kier alpha value is -2.17. The zero-order valence-corrected chi connectivity index (χ0v) is 16.8. The molecule has 1 N–H and O–H groups in total. The van der Waals surface area contributed by atoms with E-state index in [-0.39, 0.29) is 21.2 Å². The van der Waals surface area contributed by atoms with Gasteiger partial charge < -0.3 is 4.74 Å². The minimum absolute atomic E-state index is 0.00960. The number of nitrogens with one attached hydrogen (secondary N) is 1. The van der Waals surface area contributed by atoms with Crippen molar-refractivity contribution in [3.8, 4) is 5.75 Å². The fraction of sp³-hybridized carbons (Fsp3) is 0.294. The van der Waals surface area contributed by atoms with E-state index in [0.717, 1.165) is 12.1 Å². The summed E-state index contributed by atoms with van der Waals surface area (Å²) in [6.45, 7) is 4.12. The molecule has 0 atom stereocenters. The number of hydrogen-bond donors (Lipinski definition) is 1. The first-order chi connectivity index (χ1) is 12.7. The molecule has 0 radical (unpaired) electrons. The second-order valence-corrected chi connectivity index (χ2v) is 9.10. The third-order valence-electron chi connectivity index (χ3n) is 3.86. The maximum atomic E-state index is 13.5. The van der Waals surface area contributed by atoms with Crippen molar-refractivity contribution in [2.75, 3.05) is 24.9 Å². The fourth-order valence-corrected chi connectivity index (χ4v) is 5.18. The van der Waals surface area contributed by atoms with Crippen LogP contribution < -0.4 is 9.46 Å². The first kappa shape index (κ1) is 21.1. The molecule has 2 aromatic rings. The SMILES string of the molecule is CCN(CC)S(=O)(=O)c1ccc(NS(=O)(=O)c2cc(F)ccc2OC)cc1. The number of rotatable bonds is 8. The standard InChI is InChI=1S/C17H21FN2O5S2/c1-4-20(5-2)27(23,24)15-9-7-14(8-10-15)19-26(21,22)17-12-13(18)6-11-16(17)25-3/h6-12,19H,4-5H2,1-3H3. The molecule has 0 amide bonds. The van der Waals surface area contributed by atoms with E-state index in [1.807, 2.05) is 0 Å². The van der Waals surface area contributed by atoms with Gasteiger partial charge in [-0.2, -0.15) is 4.31 Å². The summed E-state index contributed by atoms with van der Waals surface area (Å²) in [7, 11) is -6.49. The highest BCUT2D eigenvalue weighted by Crippen LogP contribution is 2.27. The van der Waals surface area contributed by atoms with Crippen LogP contribution in [0.5, 0.6) is 5.75 Å². The van der Waals surface area contributed by atoms with Crippen LogP contribution in [-0.2, 0) is 20.0 Å². The number of halogens is 1. The van der Waals surface area contributed by atoms with Crippen LogP contribution in [0.25, 0.3) is 0 Å². The summed E-state index contributed by atoms with van der Waals surface area (Å²) in [6, 6.07) is 8.44. The molecule has 0 aromatic heterocycles. The first-order valence-corrected chi connectivity index (χ1v) is 11.0. The van der Waals surface area contributed by atoms with Crippen molar-refractivity contribution in [1.82, 2.24) is 4.31 Å². The average Bonchev–Trinajstić information content (AvgIpc) is 2.62. The van der Waals surface area contributed by atoms with Crippen LogP contribution in [0.15, 0.2) is 52.3 Å². The van der Waals surface area contributed by atoms with Crippen molar-refractivity contribution in [3.63, 3.8) is 0 Å². The van der Waals surface area contributed by atoms with Crippen LogP contribution in [0.1, 0.15) is 13.8 Å². The fourth-order valence-electron chi connectivity index (χ4n) is 2.48. The molecule has 27 heavy (non-hydrogen) atoms. The molecule has 0 saturated heterocycles. The molecule has 0 aliphatic rings. The zero-order chi connectivity index (χ0) is 20.2. The van der Waals surface area contributed by atoms with E-state index < -0.39 is 25.9 Å². The summed E-state index contributed by atoms with van der Waals surface area (Å²) in [5.41, 5.74) is 0.139. The lowest BCUT2D eigenvalue weighted by molar-refractivity contribution is 0.401. The molecule has 0 bridgehead atoms. The minimum atomic E-state index is -4.13.